The van der Waals surface area contributed by atoms with Crippen molar-refractivity contribution in [3.8, 4) is 0 Å². The van der Waals surface area contributed by atoms with Crippen LogP contribution in [0.5, 0.6) is 0 Å². The van der Waals surface area contributed by atoms with Crippen LogP contribution < -0.4 is 0 Å². The minimum absolute atomic E-state index is 0.146. The highest BCUT2D eigenvalue weighted by Crippen LogP contribution is 2.46. The molecule has 4 heteroatoms. The normalized spacial score (nSPS) is 29.4. The molecule has 3 rings (SSSR count). The molecule has 0 saturated heterocycles. The molecule has 1 nitrogen and oxygen atoms in total. The monoisotopic (exact) mass is 354 g/mol. The van der Waals surface area contributed by atoms with Gasteiger partial charge in [0.1, 0.15) is 0 Å². The summed E-state index contributed by atoms with van der Waals surface area (Å²) < 4.78 is 46.3. The smallest absolute Gasteiger partial charge is 0.194 e. The van der Waals surface area contributed by atoms with Crippen molar-refractivity contribution in [1.29, 1.82) is 0 Å². The molecule has 0 spiro atoms. The van der Waals surface area contributed by atoms with Crippen LogP contribution in [0.1, 0.15) is 76.2 Å². The number of hydrogen-bond donors (Lipinski definition) is 0. The van der Waals surface area contributed by atoms with Gasteiger partial charge < -0.3 is 4.74 Å². The van der Waals surface area contributed by atoms with Gasteiger partial charge in [-0.05, 0) is 80.4 Å². The number of halogens is 3. The fraction of sp³-hybridized carbons (Fsp3) is 0.714. The lowest BCUT2D eigenvalue weighted by Crippen LogP contribution is -2.34. The Hall–Kier alpha value is -1.03. The van der Waals surface area contributed by atoms with Crippen LogP contribution in [-0.2, 0) is 4.74 Å². The first kappa shape index (κ1) is 18.8. The zero-order chi connectivity index (χ0) is 17.8. The van der Waals surface area contributed by atoms with Crippen LogP contribution in [-0.4, -0.2) is 12.7 Å². The third-order valence-corrected chi connectivity index (χ3v) is 6.14. The van der Waals surface area contributed by atoms with Gasteiger partial charge in [0.15, 0.2) is 17.5 Å². The maximum atomic E-state index is 13.5. The van der Waals surface area contributed by atoms with Crippen LogP contribution in [0.15, 0.2) is 12.1 Å². The van der Waals surface area contributed by atoms with Crippen LogP contribution in [0, 0.1) is 29.3 Å². The summed E-state index contributed by atoms with van der Waals surface area (Å²) in [6.07, 6.45) is 10.3. The Bertz CT molecular complexity index is 551. The molecule has 0 aromatic heterocycles. The second-order valence-electron chi connectivity index (χ2n) is 7.84. The first-order chi connectivity index (χ1) is 12.1. The third kappa shape index (κ3) is 4.58. The fourth-order valence-electron chi connectivity index (χ4n) is 4.71. The summed E-state index contributed by atoms with van der Waals surface area (Å²) in [5.74, 6) is -2.09. The molecule has 2 aliphatic rings. The van der Waals surface area contributed by atoms with E-state index in [1.165, 1.54) is 25.0 Å². The molecule has 2 fully saturated rings. The minimum atomic E-state index is -1.36. The molecular weight excluding hydrogens is 325 g/mol. The van der Waals surface area contributed by atoms with E-state index in [9.17, 15) is 13.2 Å². The lowest BCUT2D eigenvalue weighted by atomic mass is 9.65. The maximum Gasteiger partial charge on any atom is 0.194 e. The van der Waals surface area contributed by atoms with Gasteiger partial charge in [0.05, 0.1) is 6.10 Å². The van der Waals surface area contributed by atoms with Gasteiger partial charge in [-0.25, -0.2) is 13.2 Å². The van der Waals surface area contributed by atoms with Gasteiger partial charge in [-0.1, -0.05) is 19.8 Å². The van der Waals surface area contributed by atoms with Gasteiger partial charge in [-0.2, -0.15) is 0 Å². The van der Waals surface area contributed by atoms with Crippen LogP contribution in [0.25, 0.3) is 0 Å². The molecule has 1 aromatic rings. The Morgan fingerprint density at radius 2 is 1.60 bits per heavy atom. The van der Waals surface area contributed by atoms with E-state index < -0.39 is 17.5 Å². The Kier molecular flexibility index (Phi) is 6.43. The summed E-state index contributed by atoms with van der Waals surface area (Å²) in [5, 5.41) is 0. The highest BCUT2D eigenvalue weighted by molar-refractivity contribution is 5.24. The zero-order valence-corrected chi connectivity index (χ0v) is 15.1. The summed E-state index contributed by atoms with van der Waals surface area (Å²) in [6, 6.07) is 2.37. The molecule has 140 valence electrons. The minimum Gasteiger partial charge on any atom is -0.378 e. The molecule has 2 saturated carbocycles. The SMILES string of the molecule is CCCCCOC1CCC2CC(c3cc(F)c(F)c(F)c3)CCC2C1. The molecule has 25 heavy (non-hydrogen) atoms. The Morgan fingerprint density at radius 1 is 0.920 bits per heavy atom. The van der Waals surface area contributed by atoms with Crippen molar-refractivity contribution < 1.29 is 17.9 Å². The lowest BCUT2D eigenvalue weighted by molar-refractivity contribution is -0.0163. The number of fused-ring (bicyclic) bond motifs is 1. The van der Waals surface area contributed by atoms with Crippen molar-refractivity contribution >= 4 is 0 Å². The summed E-state index contributed by atoms with van der Waals surface area (Å²) in [6.45, 7) is 3.06. The van der Waals surface area contributed by atoms with Crippen molar-refractivity contribution in [3.63, 3.8) is 0 Å². The topological polar surface area (TPSA) is 9.23 Å². The fourth-order valence-corrected chi connectivity index (χ4v) is 4.71. The van der Waals surface area contributed by atoms with Gasteiger partial charge >= 0.3 is 0 Å². The summed E-state index contributed by atoms with van der Waals surface area (Å²) in [7, 11) is 0. The second-order valence-corrected chi connectivity index (χ2v) is 7.84. The molecule has 0 aliphatic heterocycles. The molecule has 1 aromatic carbocycles. The third-order valence-electron chi connectivity index (χ3n) is 6.14. The maximum absolute atomic E-state index is 13.5. The van der Waals surface area contributed by atoms with E-state index in [0.29, 0.717) is 23.5 Å². The van der Waals surface area contributed by atoms with E-state index in [4.69, 9.17) is 4.74 Å². The average Bonchev–Trinajstić information content (AvgIpc) is 2.62. The van der Waals surface area contributed by atoms with Crippen LogP contribution in [0.3, 0.4) is 0 Å². The molecule has 4 atom stereocenters. The zero-order valence-electron chi connectivity index (χ0n) is 15.1. The highest BCUT2D eigenvalue weighted by Gasteiger charge is 2.36. The molecule has 0 N–H and O–H groups in total. The predicted octanol–water partition coefficient (Wildman–Crippen LogP) is 6.36. The van der Waals surface area contributed by atoms with E-state index in [-0.39, 0.29) is 5.92 Å². The van der Waals surface area contributed by atoms with Crippen molar-refractivity contribution in [2.45, 2.75) is 76.7 Å². The standard InChI is InChI=1S/C21H29F3O/c1-2-3-4-9-25-18-8-7-14-10-15(5-6-16(14)11-18)17-12-19(22)21(24)20(23)13-17/h12-16,18H,2-11H2,1H3. The highest BCUT2D eigenvalue weighted by atomic mass is 19.2. The molecule has 0 amide bonds. The van der Waals surface area contributed by atoms with Gasteiger partial charge in [0.2, 0.25) is 0 Å². The van der Waals surface area contributed by atoms with E-state index in [0.717, 1.165) is 51.6 Å². The number of ether oxygens (including phenoxy) is 1. The van der Waals surface area contributed by atoms with Gasteiger partial charge in [0.25, 0.3) is 0 Å². The number of hydrogen-bond acceptors (Lipinski definition) is 1. The summed E-state index contributed by atoms with van der Waals surface area (Å²) >= 11 is 0. The Balaban J connectivity index is 1.54. The molecule has 0 radical (unpaired) electrons. The van der Waals surface area contributed by atoms with Gasteiger partial charge in [-0.3, -0.25) is 0 Å². The van der Waals surface area contributed by atoms with Crippen LogP contribution in [0.2, 0.25) is 0 Å². The average molecular weight is 354 g/mol. The first-order valence-corrected chi connectivity index (χ1v) is 9.84. The lowest BCUT2D eigenvalue weighted by Gasteiger charge is -2.42. The van der Waals surface area contributed by atoms with Gasteiger partial charge in [0, 0.05) is 6.61 Å². The number of rotatable bonds is 6. The first-order valence-electron chi connectivity index (χ1n) is 9.84. The van der Waals surface area contributed by atoms with Crippen molar-refractivity contribution in [2.75, 3.05) is 6.61 Å². The number of benzene rings is 1. The molecule has 2 aliphatic carbocycles. The second kappa shape index (κ2) is 8.57. The Morgan fingerprint density at radius 3 is 2.32 bits per heavy atom. The van der Waals surface area contributed by atoms with Crippen LogP contribution >= 0.6 is 0 Å². The molecule has 4 unspecified atom stereocenters. The van der Waals surface area contributed by atoms with E-state index >= 15 is 0 Å². The largest absolute Gasteiger partial charge is 0.378 e. The van der Waals surface area contributed by atoms with Crippen molar-refractivity contribution in [3.05, 3.63) is 35.1 Å². The molecular formula is C21H29F3O. The Labute approximate surface area is 149 Å². The van der Waals surface area contributed by atoms with Crippen LogP contribution in [0.4, 0.5) is 13.2 Å². The van der Waals surface area contributed by atoms with E-state index in [1.54, 1.807) is 0 Å². The summed E-state index contributed by atoms with van der Waals surface area (Å²) in [5.41, 5.74) is 0.618. The van der Waals surface area contributed by atoms with Gasteiger partial charge in [-0.15, -0.1) is 0 Å². The van der Waals surface area contributed by atoms with Crippen molar-refractivity contribution in [2.24, 2.45) is 11.8 Å². The number of unbranched alkanes of at least 4 members (excludes halogenated alkanes) is 2. The predicted molar refractivity (Wildman–Crippen MR) is 93.0 cm³/mol. The van der Waals surface area contributed by atoms with E-state index in [1.807, 2.05) is 0 Å². The molecule has 0 heterocycles. The van der Waals surface area contributed by atoms with Crippen molar-refractivity contribution in [1.82, 2.24) is 0 Å². The van der Waals surface area contributed by atoms with E-state index in [2.05, 4.69) is 6.92 Å². The molecule has 0 bridgehead atoms. The quantitative estimate of drug-likeness (QED) is 0.426. The summed E-state index contributed by atoms with van der Waals surface area (Å²) in [4.78, 5) is 0.